The molecular formula is C96H64N2. The molecule has 2 nitrogen and oxygen atoms in total. The third-order valence-corrected chi connectivity index (χ3v) is 22.0. The molecule has 18 aromatic carbocycles. The molecule has 458 valence electrons. The van der Waals surface area contributed by atoms with Crippen molar-refractivity contribution in [1.82, 2.24) is 0 Å². The Morgan fingerprint density at radius 1 is 0.194 bits per heavy atom. The van der Waals surface area contributed by atoms with Crippen LogP contribution in [0.25, 0.3) is 120 Å². The summed E-state index contributed by atoms with van der Waals surface area (Å²) >= 11 is 0. The van der Waals surface area contributed by atoms with Gasteiger partial charge in [0.1, 0.15) is 0 Å². The molecule has 0 N–H and O–H groups in total. The first kappa shape index (κ1) is 56.0. The van der Waals surface area contributed by atoms with Gasteiger partial charge in [0, 0.05) is 39.5 Å². The summed E-state index contributed by atoms with van der Waals surface area (Å²) in [5.41, 5.74) is 21.4. The Morgan fingerprint density at radius 2 is 0.541 bits per heavy atom. The monoisotopic (exact) mass is 1240 g/mol. The predicted molar refractivity (Wildman–Crippen MR) is 416 cm³/mol. The quantitative estimate of drug-likeness (QED) is 0.133. The van der Waals surface area contributed by atoms with Crippen molar-refractivity contribution in [2.45, 2.75) is 24.7 Å². The Bertz CT molecular complexity index is 6320. The summed E-state index contributed by atoms with van der Waals surface area (Å²) in [6.45, 7) is 4.74. The second kappa shape index (κ2) is 21.6. The van der Waals surface area contributed by atoms with E-state index in [0.29, 0.717) is 0 Å². The van der Waals surface area contributed by atoms with Gasteiger partial charge in [-0.2, -0.15) is 0 Å². The van der Waals surface area contributed by atoms with Crippen molar-refractivity contribution < 1.29 is 0 Å². The van der Waals surface area contributed by atoms with Crippen LogP contribution in [0.15, 0.2) is 352 Å². The second-order valence-corrected chi connectivity index (χ2v) is 27.5. The van der Waals surface area contributed by atoms with Gasteiger partial charge in [-0.25, -0.2) is 0 Å². The van der Waals surface area contributed by atoms with Crippen molar-refractivity contribution in [1.29, 1.82) is 0 Å². The first-order chi connectivity index (χ1) is 48.3. The molecule has 0 unspecified atom stereocenters. The van der Waals surface area contributed by atoms with E-state index in [9.17, 15) is 0 Å². The third kappa shape index (κ3) is 8.41. The lowest BCUT2D eigenvalue weighted by molar-refractivity contribution is 0.660. The summed E-state index contributed by atoms with van der Waals surface area (Å²) in [7, 11) is 0. The van der Waals surface area contributed by atoms with Gasteiger partial charge in [-0.15, -0.1) is 0 Å². The van der Waals surface area contributed by atoms with Crippen LogP contribution in [-0.2, 0) is 10.8 Å². The molecule has 98 heavy (non-hydrogen) atoms. The largest absolute Gasteiger partial charge is 0.310 e. The fourth-order valence-electron chi connectivity index (χ4n) is 17.4. The summed E-state index contributed by atoms with van der Waals surface area (Å²) in [4.78, 5) is 4.95. The fourth-order valence-corrected chi connectivity index (χ4v) is 17.4. The van der Waals surface area contributed by atoms with Crippen LogP contribution in [0, 0.1) is 0 Å². The SMILES string of the molecule is CC1(C)c2ccccc2-c2ccc(N(c3ccc4c(ccc5ccccc54)c3)c3ccc4c(ccc5ccc(-c6cccc7c6ccc6cc(N(c8ccc9c(c8)C(c8ccccc8)(c8ccccc8)c8ccccc8-9)c8ccc9c(ccc%10ccccc%109)c8)ccc67)cc54)c3)cc21. The molecule has 0 spiro atoms. The summed E-state index contributed by atoms with van der Waals surface area (Å²) in [5.74, 6) is 0. The molecular weight excluding hydrogens is 1180 g/mol. The average molecular weight is 1250 g/mol. The summed E-state index contributed by atoms with van der Waals surface area (Å²) in [6, 6.07) is 132. The Labute approximate surface area is 569 Å². The van der Waals surface area contributed by atoms with Gasteiger partial charge in [-0.05, 0) is 232 Å². The van der Waals surface area contributed by atoms with Crippen molar-refractivity contribution in [2.75, 3.05) is 9.80 Å². The van der Waals surface area contributed by atoms with Gasteiger partial charge in [0.2, 0.25) is 0 Å². The Kier molecular flexibility index (Phi) is 12.3. The van der Waals surface area contributed by atoms with Gasteiger partial charge in [0.15, 0.2) is 0 Å². The van der Waals surface area contributed by atoms with Gasteiger partial charge in [0.05, 0.1) is 5.41 Å². The molecule has 0 saturated heterocycles. The van der Waals surface area contributed by atoms with Crippen LogP contribution >= 0.6 is 0 Å². The zero-order valence-electron chi connectivity index (χ0n) is 54.4. The Hall–Kier alpha value is -12.4. The van der Waals surface area contributed by atoms with Gasteiger partial charge in [0.25, 0.3) is 0 Å². The van der Waals surface area contributed by atoms with Crippen LogP contribution in [0.2, 0.25) is 0 Å². The summed E-state index contributed by atoms with van der Waals surface area (Å²) < 4.78 is 0. The molecule has 0 atom stereocenters. The predicted octanol–water partition coefficient (Wildman–Crippen LogP) is 26.2. The topological polar surface area (TPSA) is 6.48 Å². The molecule has 18 aromatic rings. The van der Waals surface area contributed by atoms with Crippen molar-refractivity contribution in [3.63, 3.8) is 0 Å². The number of benzene rings is 18. The highest BCUT2D eigenvalue weighted by atomic mass is 15.1. The zero-order chi connectivity index (χ0) is 64.8. The average Bonchev–Trinajstić information content (AvgIpc) is 1.53. The highest BCUT2D eigenvalue weighted by molar-refractivity contribution is 6.16. The molecule has 2 aliphatic rings. The van der Waals surface area contributed by atoms with E-state index in [2.05, 4.69) is 375 Å². The second-order valence-electron chi connectivity index (χ2n) is 27.5. The molecule has 0 fully saturated rings. The summed E-state index contributed by atoms with van der Waals surface area (Å²) in [5, 5.41) is 19.7. The van der Waals surface area contributed by atoms with E-state index in [1.54, 1.807) is 0 Å². The minimum atomic E-state index is -0.548. The van der Waals surface area contributed by atoms with E-state index in [4.69, 9.17) is 0 Å². The lowest BCUT2D eigenvalue weighted by Gasteiger charge is -2.35. The molecule has 20 rings (SSSR count). The van der Waals surface area contributed by atoms with Crippen molar-refractivity contribution in [2.24, 2.45) is 0 Å². The van der Waals surface area contributed by atoms with Crippen molar-refractivity contribution in [3.05, 3.63) is 385 Å². The molecule has 0 bridgehead atoms. The molecule has 0 radical (unpaired) electrons. The molecule has 0 amide bonds. The van der Waals surface area contributed by atoms with Crippen LogP contribution in [-0.4, -0.2) is 0 Å². The fraction of sp³-hybridized carbons (Fsp3) is 0.0417. The van der Waals surface area contributed by atoms with E-state index < -0.39 is 5.41 Å². The normalized spacial score (nSPS) is 13.4. The minimum Gasteiger partial charge on any atom is -0.310 e. The van der Waals surface area contributed by atoms with E-state index in [-0.39, 0.29) is 5.41 Å². The maximum atomic E-state index is 2.49. The van der Waals surface area contributed by atoms with Gasteiger partial charge in [-0.3, -0.25) is 0 Å². The third-order valence-electron chi connectivity index (χ3n) is 22.0. The van der Waals surface area contributed by atoms with E-state index in [1.807, 2.05) is 0 Å². The molecule has 0 saturated carbocycles. The first-order valence-electron chi connectivity index (χ1n) is 34.3. The minimum absolute atomic E-state index is 0.144. The number of rotatable bonds is 9. The van der Waals surface area contributed by atoms with Crippen LogP contribution in [0.5, 0.6) is 0 Å². The lowest BCUT2D eigenvalue weighted by Crippen LogP contribution is -2.28. The van der Waals surface area contributed by atoms with Crippen LogP contribution in [0.1, 0.15) is 47.2 Å². The highest BCUT2D eigenvalue weighted by Crippen LogP contribution is 2.58. The standard InChI is InChI=1S/C96H64N2/c1-95(2)91-30-15-13-26-86(91)88-52-45-75(59-93(88)95)97(71-41-48-80-64(54-71)36-32-61-18-9-11-24-77(61)80)74-44-51-83-66(56-74)38-34-63-35-39-68(58-90(63)83)79-28-17-29-84-82-50-43-73(57-67(82)40-47-85(79)84)98(72-42-49-81-65(55-72)37-33-62-19-10-12-25-78(62)81)76-46-53-89-87-27-14-16-31-92(87)96(94(89)60-76,69-20-5-3-6-21-69)70-22-7-4-8-23-70/h3-60H,1-2H3. The Morgan fingerprint density at radius 3 is 1.10 bits per heavy atom. The number of hydrogen-bond acceptors (Lipinski definition) is 2. The molecule has 0 heterocycles. The van der Waals surface area contributed by atoms with Crippen molar-refractivity contribution in [3.8, 4) is 33.4 Å². The van der Waals surface area contributed by atoms with E-state index in [1.165, 1.54) is 153 Å². The van der Waals surface area contributed by atoms with Gasteiger partial charge >= 0.3 is 0 Å². The molecule has 0 aliphatic heterocycles. The van der Waals surface area contributed by atoms with E-state index in [0.717, 1.165) is 34.1 Å². The van der Waals surface area contributed by atoms with Crippen LogP contribution in [0.3, 0.4) is 0 Å². The van der Waals surface area contributed by atoms with Gasteiger partial charge in [-0.1, -0.05) is 287 Å². The first-order valence-corrected chi connectivity index (χ1v) is 34.3. The number of anilines is 6. The number of hydrogen-bond donors (Lipinski definition) is 0. The summed E-state index contributed by atoms with van der Waals surface area (Å²) in [6.07, 6.45) is 0. The number of nitrogens with zero attached hydrogens (tertiary/aromatic N) is 2. The zero-order valence-corrected chi connectivity index (χ0v) is 54.4. The number of fused-ring (bicyclic) bond motifs is 18. The van der Waals surface area contributed by atoms with Crippen LogP contribution in [0.4, 0.5) is 34.1 Å². The highest BCUT2D eigenvalue weighted by Gasteiger charge is 2.46. The lowest BCUT2D eigenvalue weighted by atomic mass is 9.67. The maximum absolute atomic E-state index is 2.49. The van der Waals surface area contributed by atoms with Crippen LogP contribution < -0.4 is 9.80 Å². The van der Waals surface area contributed by atoms with Crippen molar-refractivity contribution >= 4 is 120 Å². The van der Waals surface area contributed by atoms with Gasteiger partial charge < -0.3 is 9.80 Å². The Balaban J connectivity index is 0.705. The smallest absolute Gasteiger partial charge is 0.0714 e. The van der Waals surface area contributed by atoms with E-state index >= 15 is 0 Å². The molecule has 0 aromatic heterocycles. The maximum Gasteiger partial charge on any atom is 0.0714 e. The molecule has 2 heteroatoms. The molecule has 2 aliphatic carbocycles.